The number of fused-ring (bicyclic) bond motifs is 1. The van der Waals surface area contributed by atoms with Crippen LogP contribution >= 0.6 is 11.3 Å². The van der Waals surface area contributed by atoms with Gasteiger partial charge in [0.15, 0.2) is 0 Å². The van der Waals surface area contributed by atoms with Crippen molar-refractivity contribution in [3.8, 4) is 5.75 Å². The monoisotopic (exact) mass is 599 g/mol. The summed E-state index contributed by atoms with van der Waals surface area (Å²) in [6, 6.07) is 17.8. The van der Waals surface area contributed by atoms with Crippen molar-refractivity contribution in [2.24, 2.45) is 23.7 Å². The number of hydrogen-bond donors (Lipinski definition) is 3. The van der Waals surface area contributed by atoms with Crippen molar-refractivity contribution in [1.82, 2.24) is 4.90 Å². The van der Waals surface area contributed by atoms with Crippen LogP contribution in [0.5, 0.6) is 5.75 Å². The molecule has 1 fully saturated rings. The molecule has 43 heavy (non-hydrogen) atoms. The average molecular weight is 600 g/mol. The van der Waals surface area contributed by atoms with E-state index in [0.717, 1.165) is 43.9 Å². The van der Waals surface area contributed by atoms with Gasteiger partial charge in [-0.3, -0.25) is 14.5 Å². The number of imide groups is 1. The third-order valence-electron chi connectivity index (χ3n) is 9.04. The Hall–Kier alpha value is -3.52. The maximum absolute atomic E-state index is 13.7. The molecule has 2 aliphatic rings. The molecule has 2 aromatic carbocycles. The van der Waals surface area contributed by atoms with Gasteiger partial charge in [0.25, 0.3) is 0 Å². The standard InChI is InChI=1S/C36H41NO5S/c1-21(2)28-18-29-33(36(42)37(35(29)41)19-27-11-8-14-43-27)30(20-38)32(28)31(39)13-12-26(25-9-6-5-7-10-25)17-24-15-22(3)34(40)23(4)16-24/h5-11,14-17,21,29-31,33,38-40H,12-13,18-20H2,1-4H3/b26-17-/t29-,30+,31-,33-/m1/s1. The van der Waals surface area contributed by atoms with Crippen LogP contribution in [0.2, 0.25) is 0 Å². The average Bonchev–Trinajstić information content (AvgIpc) is 3.60. The van der Waals surface area contributed by atoms with E-state index in [0.29, 0.717) is 25.0 Å². The molecule has 1 saturated heterocycles. The minimum absolute atomic E-state index is 0.0565. The van der Waals surface area contributed by atoms with E-state index in [4.69, 9.17) is 0 Å². The number of aromatic hydroxyl groups is 1. The number of nitrogens with zero attached hydrogens (tertiary/aromatic N) is 1. The van der Waals surface area contributed by atoms with Crippen molar-refractivity contribution >= 4 is 34.8 Å². The minimum atomic E-state index is -0.875. The molecular weight excluding hydrogens is 558 g/mol. The van der Waals surface area contributed by atoms with E-state index in [1.165, 1.54) is 16.2 Å². The predicted molar refractivity (Wildman–Crippen MR) is 171 cm³/mol. The molecule has 2 amide bonds. The van der Waals surface area contributed by atoms with E-state index in [9.17, 15) is 24.9 Å². The minimum Gasteiger partial charge on any atom is -0.507 e. The highest BCUT2D eigenvalue weighted by atomic mass is 32.1. The van der Waals surface area contributed by atoms with Gasteiger partial charge in [0.1, 0.15) is 5.75 Å². The Morgan fingerprint density at radius 3 is 2.35 bits per heavy atom. The number of hydrogen-bond acceptors (Lipinski definition) is 6. The third-order valence-corrected chi connectivity index (χ3v) is 9.91. The summed E-state index contributed by atoms with van der Waals surface area (Å²) < 4.78 is 0. The van der Waals surface area contributed by atoms with Gasteiger partial charge >= 0.3 is 0 Å². The lowest BCUT2D eigenvalue weighted by Crippen LogP contribution is -2.39. The Balaban J connectivity index is 1.44. The van der Waals surface area contributed by atoms with Gasteiger partial charge in [-0.2, -0.15) is 0 Å². The largest absolute Gasteiger partial charge is 0.507 e. The van der Waals surface area contributed by atoms with Crippen molar-refractivity contribution in [3.05, 3.63) is 98.3 Å². The van der Waals surface area contributed by atoms with Crippen molar-refractivity contribution < 1.29 is 24.9 Å². The fraction of sp³-hybridized carbons (Fsp3) is 0.389. The van der Waals surface area contributed by atoms with Crippen LogP contribution < -0.4 is 0 Å². The summed E-state index contributed by atoms with van der Waals surface area (Å²) >= 11 is 1.51. The second-order valence-electron chi connectivity index (χ2n) is 12.2. The quantitative estimate of drug-likeness (QED) is 0.140. The third kappa shape index (κ3) is 6.26. The normalized spacial score (nSPS) is 21.6. The van der Waals surface area contributed by atoms with Gasteiger partial charge < -0.3 is 15.3 Å². The number of phenolic OH excluding ortho intramolecular Hbond substituents is 1. The van der Waals surface area contributed by atoms with Gasteiger partial charge in [0, 0.05) is 10.8 Å². The van der Waals surface area contributed by atoms with Crippen LogP contribution in [-0.2, 0) is 16.1 Å². The zero-order valence-electron chi connectivity index (χ0n) is 25.3. The molecular formula is C36H41NO5S. The molecule has 7 heteroatoms. The Labute approximate surface area is 258 Å². The van der Waals surface area contributed by atoms with Gasteiger partial charge in [-0.1, -0.05) is 61.9 Å². The highest BCUT2D eigenvalue weighted by Crippen LogP contribution is 2.48. The maximum Gasteiger partial charge on any atom is 0.234 e. The maximum atomic E-state index is 13.7. The summed E-state index contributed by atoms with van der Waals surface area (Å²) in [5.74, 6) is -1.87. The van der Waals surface area contributed by atoms with E-state index < -0.39 is 23.9 Å². The van der Waals surface area contributed by atoms with E-state index >= 15 is 0 Å². The zero-order valence-corrected chi connectivity index (χ0v) is 26.1. The first-order valence-corrected chi connectivity index (χ1v) is 15.9. The summed E-state index contributed by atoms with van der Waals surface area (Å²) in [7, 11) is 0. The van der Waals surface area contributed by atoms with Crippen molar-refractivity contribution in [2.45, 2.75) is 59.6 Å². The fourth-order valence-electron chi connectivity index (χ4n) is 6.90. The number of phenols is 1. The lowest BCUT2D eigenvalue weighted by atomic mass is 9.66. The molecule has 226 valence electrons. The number of rotatable bonds is 10. The molecule has 0 spiro atoms. The van der Waals surface area contributed by atoms with Crippen LogP contribution in [0, 0.1) is 37.5 Å². The topological polar surface area (TPSA) is 98.1 Å². The second kappa shape index (κ2) is 13.0. The molecule has 0 bridgehead atoms. The molecule has 3 aromatic rings. The number of aliphatic hydroxyl groups excluding tert-OH is 2. The highest BCUT2D eigenvalue weighted by Gasteiger charge is 2.55. The van der Waals surface area contributed by atoms with Gasteiger partial charge in [-0.25, -0.2) is 0 Å². The number of thiophene rings is 1. The lowest BCUT2D eigenvalue weighted by molar-refractivity contribution is -0.140. The predicted octanol–water partition coefficient (Wildman–Crippen LogP) is 6.52. The molecule has 0 unspecified atom stereocenters. The Morgan fingerprint density at radius 2 is 1.74 bits per heavy atom. The van der Waals surface area contributed by atoms with E-state index in [1.807, 2.05) is 87.7 Å². The van der Waals surface area contributed by atoms with Crippen molar-refractivity contribution in [1.29, 1.82) is 0 Å². The van der Waals surface area contributed by atoms with Gasteiger partial charge in [0.2, 0.25) is 11.8 Å². The first kappa shape index (κ1) is 30.9. The lowest BCUT2D eigenvalue weighted by Gasteiger charge is -2.38. The van der Waals surface area contributed by atoms with Crippen LogP contribution in [0.3, 0.4) is 0 Å². The van der Waals surface area contributed by atoms with Crippen LogP contribution in [0.15, 0.2) is 71.1 Å². The van der Waals surface area contributed by atoms with Crippen molar-refractivity contribution in [2.75, 3.05) is 6.61 Å². The number of aryl methyl sites for hydroxylation is 2. The molecule has 1 aliphatic heterocycles. The Morgan fingerprint density at radius 1 is 1.05 bits per heavy atom. The molecule has 0 radical (unpaired) electrons. The Kier molecular flexibility index (Phi) is 9.35. The molecule has 3 N–H and O–H groups in total. The Bertz CT molecular complexity index is 1520. The molecule has 2 heterocycles. The first-order valence-electron chi connectivity index (χ1n) is 15.1. The molecule has 4 atom stereocenters. The highest BCUT2D eigenvalue weighted by molar-refractivity contribution is 7.09. The number of amides is 2. The SMILES string of the molecule is Cc1cc(/C=C(/CC[C@@H](O)C2=C(C(C)C)C[C@H]3C(=O)N(Cc4cccs4)C(=O)[C@H]3[C@H]2CO)c2ccccc2)cc(C)c1O. The molecule has 1 aromatic heterocycles. The van der Waals surface area contributed by atoms with Gasteiger partial charge in [0.05, 0.1) is 31.1 Å². The number of likely N-dealkylation sites (tertiary alicyclic amines) is 1. The van der Waals surface area contributed by atoms with Crippen LogP contribution in [-0.4, -0.2) is 44.7 Å². The number of carbonyl (C=O) groups is 2. The zero-order chi connectivity index (χ0) is 30.8. The van der Waals surface area contributed by atoms with E-state index in [2.05, 4.69) is 6.08 Å². The number of allylic oxidation sites excluding steroid dienone is 2. The summed E-state index contributed by atoms with van der Waals surface area (Å²) in [4.78, 5) is 29.5. The fourth-order valence-corrected chi connectivity index (χ4v) is 7.59. The van der Waals surface area contributed by atoms with E-state index in [1.54, 1.807) is 0 Å². The summed E-state index contributed by atoms with van der Waals surface area (Å²) in [5, 5.41) is 34.7. The first-order chi connectivity index (χ1) is 20.6. The van der Waals surface area contributed by atoms with Crippen molar-refractivity contribution in [3.63, 3.8) is 0 Å². The summed E-state index contributed by atoms with van der Waals surface area (Å²) in [6.07, 6.45) is 2.60. The van der Waals surface area contributed by atoms with Crippen LogP contribution in [0.4, 0.5) is 0 Å². The summed E-state index contributed by atoms with van der Waals surface area (Å²) in [6.45, 7) is 7.81. The second-order valence-corrected chi connectivity index (χ2v) is 13.2. The van der Waals surface area contributed by atoms with E-state index in [-0.39, 0.29) is 30.9 Å². The molecule has 5 rings (SSSR count). The number of benzene rings is 2. The molecule has 1 aliphatic carbocycles. The van der Waals surface area contributed by atoms with Gasteiger partial charge in [-0.05, 0) is 96.0 Å². The number of carbonyl (C=O) groups excluding carboxylic acids is 2. The van der Waals surface area contributed by atoms with Crippen LogP contribution in [0.25, 0.3) is 11.6 Å². The smallest absolute Gasteiger partial charge is 0.234 e. The summed E-state index contributed by atoms with van der Waals surface area (Å²) in [5.41, 5.74) is 6.36. The molecule has 6 nitrogen and oxygen atoms in total. The van der Waals surface area contributed by atoms with Gasteiger partial charge in [-0.15, -0.1) is 11.3 Å². The number of aliphatic hydroxyl groups is 2. The van der Waals surface area contributed by atoms with Crippen LogP contribution in [0.1, 0.15) is 60.2 Å². The molecule has 0 saturated carbocycles.